The molecule has 1 aromatic heterocycles. The molecule has 0 atom stereocenters. The summed E-state index contributed by atoms with van der Waals surface area (Å²) >= 11 is 5.12. The molecule has 1 fully saturated rings. The number of thiocarbonyl (C=S) groups is 1. The Bertz CT molecular complexity index is 701. The van der Waals surface area contributed by atoms with E-state index in [-0.39, 0.29) is 12.5 Å². The van der Waals surface area contributed by atoms with Crippen LogP contribution in [-0.4, -0.2) is 35.5 Å². The number of nitrogens with two attached hydrogens (primary N) is 1. The van der Waals surface area contributed by atoms with Crippen molar-refractivity contribution in [3.8, 4) is 0 Å². The fourth-order valence-corrected chi connectivity index (χ4v) is 2.50. The summed E-state index contributed by atoms with van der Waals surface area (Å²) in [5, 5.41) is 3.78. The maximum absolute atomic E-state index is 11.5. The van der Waals surface area contributed by atoms with Crippen molar-refractivity contribution in [2.24, 2.45) is 5.73 Å². The third kappa shape index (κ3) is 2.30. The zero-order chi connectivity index (χ0) is 14.1. The van der Waals surface area contributed by atoms with E-state index in [0.29, 0.717) is 29.5 Å². The number of amides is 1. The van der Waals surface area contributed by atoms with Gasteiger partial charge in [-0.3, -0.25) is 4.79 Å². The van der Waals surface area contributed by atoms with Crippen LogP contribution >= 0.6 is 12.2 Å². The fraction of sp³-hybridized carbons (Fsp3) is 0.214. The number of para-hydroxylation sites is 1. The molecule has 2 aromatic rings. The van der Waals surface area contributed by atoms with Gasteiger partial charge in [0.25, 0.3) is 0 Å². The number of hydrogen-bond acceptors (Lipinski definition) is 4. The van der Waals surface area contributed by atoms with E-state index in [4.69, 9.17) is 18.0 Å². The fourth-order valence-electron chi connectivity index (χ4n) is 2.35. The van der Waals surface area contributed by atoms with Gasteiger partial charge in [0.1, 0.15) is 10.8 Å². The van der Waals surface area contributed by atoms with Crippen LogP contribution in [-0.2, 0) is 4.79 Å². The minimum Gasteiger partial charge on any atom is -0.389 e. The van der Waals surface area contributed by atoms with Gasteiger partial charge in [-0.25, -0.2) is 4.98 Å². The first-order valence-electron chi connectivity index (χ1n) is 6.36. The molecule has 20 heavy (non-hydrogen) atoms. The molecule has 1 saturated heterocycles. The zero-order valence-electron chi connectivity index (χ0n) is 10.8. The molecule has 3 N–H and O–H groups in total. The second kappa shape index (κ2) is 5.05. The molecule has 0 aliphatic carbocycles. The number of anilines is 1. The number of pyridine rings is 1. The Morgan fingerprint density at radius 3 is 2.95 bits per heavy atom. The maximum atomic E-state index is 11.5. The van der Waals surface area contributed by atoms with E-state index in [1.807, 2.05) is 35.2 Å². The largest absolute Gasteiger partial charge is 0.389 e. The topological polar surface area (TPSA) is 71.2 Å². The average molecular weight is 286 g/mol. The van der Waals surface area contributed by atoms with Crippen LogP contribution < -0.4 is 16.0 Å². The highest BCUT2D eigenvalue weighted by atomic mass is 32.1. The van der Waals surface area contributed by atoms with Crippen LogP contribution in [0.4, 0.5) is 5.82 Å². The molecule has 1 aromatic carbocycles. The molecule has 0 spiro atoms. The highest BCUT2D eigenvalue weighted by molar-refractivity contribution is 7.80. The summed E-state index contributed by atoms with van der Waals surface area (Å²) in [7, 11) is 0. The quantitative estimate of drug-likeness (QED) is 0.799. The molecular formula is C14H14N4OS. The normalized spacial score (nSPS) is 15.2. The van der Waals surface area contributed by atoms with Gasteiger partial charge in [0.05, 0.1) is 17.6 Å². The Hall–Kier alpha value is -2.21. The summed E-state index contributed by atoms with van der Waals surface area (Å²) in [5.41, 5.74) is 7.40. The molecule has 0 bridgehead atoms. The van der Waals surface area contributed by atoms with E-state index in [9.17, 15) is 4.79 Å². The van der Waals surface area contributed by atoms with Crippen LogP contribution in [0.1, 0.15) is 5.56 Å². The van der Waals surface area contributed by atoms with Gasteiger partial charge in [-0.05, 0) is 12.1 Å². The molecule has 6 heteroatoms. The summed E-state index contributed by atoms with van der Waals surface area (Å²) in [6.07, 6.45) is 0. The van der Waals surface area contributed by atoms with Crippen molar-refractivity contribution in [1.29, 1.82) is 0 Å². The number of piperazine rings is 1. The lowest BCUT2D eigenvalue weighted by atomic mass is 10.1. The molecule has 1 aliphatic rings. The van der Waals surface area contributed by atoms with Gasteiger partial charge < -0.3 is 16.0 Å². The van der Waals surface area contributed by atoms with Crippen LogP contribution in [0.25, 0.3) is 10.9 Å². The van der Waals surface area contributed by atoms with Crippen molar-refractivity contribution < 1.29 is 4.79 Å². The second-order valence-electron chi connectivity index (χ2n) is 4.69. The molecule has 102 valence electrons. The number of hydrogen-bond donors (Lipinski definition) is 2. The van der Waals surface area contributed by atoms with Crippen LogP contribution in [0.3, 0.4) is 0 Å². The summed E-state index contributed by atoms with van der Waals surface area (Å²) in [6.45, 7) is 1.58. The number of fused-ring (bicyclic) bond motifs is 1. The maximum Gasteiger partial charge on any atom is 0.239 e. The zero-order valence-corrected chi connectivity index (χ0v) is 11.6. The molecule has 3 rings (SSSR count). The number of carbonyl (C=O) groups is 1. The molecule has 2 heterocycles. The molecule has 0 radical (unpaired) electrons. The predicted molar refractivity (Wildman–Crippen MR) is 82.9 cm³/mol. The van der Waals surface area contributed by atoms with Gasteiger partial charge in [-0.1, -0.05) is 30.4 Å². The van der Waals surface area contributed by atoms with Crippen molar-refractivity contribution in [1.82, 2.24) is 10.3 Å². The summed E-state index contributed by atoms with van der Waals surface area (Å²) in [6, 6.07) is 9.72. The summed E-state index contributed by atoms with van der Waals surface area (Å²) < 4.78 is 0. The number of nitrogens with zero attached hydrogens (tertiary/aromatic N) is 2. The smallest absolute Gasteiger partial charge is 0.239 e. The Morgan fingerprint density at radius 1 is 1.40 bits per heavy atom. The highest BCUT2D eigenvalue weighted by Gasteiger charge is 2.21. The Morgan fingerprint density at radius 2 is 2.20 bits per heavy atom. The van der Waals surface area contributed by atoms with Crippen molar-refractivity contribution >= 4 is 39.8 Å². The number of aromatic nitrogens is 1. The molecule has 1 amide bonds. The van der Waals surface area contributed by atoms with Crippen LogP contribution in [0.2, 0.25) is 0 Å². The average Bonchev–Trinajstić information content (AvgIpc) is 2.46. The minimum atomic E-state index is -0.0138. The third-order valence-corrected chi connectivity index (χ3v) is 3.53. The molecule has 0 unspecified atom stereocenters. The van der Waals surface area contributed by atoms with Crippen molar-refractivity contribution in [2.45, 2.75) is 0 Å². The Kier molecular flexibility index (Phi) is 3.23. The second-order valence-corrected chi connectivity index (χ2v) is 5.13. The first-order chi connectivity index (χ1) is 9.65. The number of benzene rings is 1. The first kappa shape index (κ1) is 12.8. The number of nitrogens with one attached hydrogen (secondary N) is 1. The van der Waals surface area contributed by atoms with Crippen molar-refractivity contribution in [3.63, 3.8) is 0 Å². The van der Waals surface area contributed by atoms with E-state index >= 15 is 0 Å². The lowest BCUT2D eigenvalue weighted by molar-refractivity contribution is -0.120. The van der Waals surface area contributed by atoms with Crippen LogP contribution in [0.5, 0.6) is 0 Å². The summed E-state index contributed by atoms with van der Waals surface area (Å²) in [4.78, 5) is 18.4. The highest BCUT2D eigenvalue weighted by Crippen LogP contribution is 2.24. The van der Waals surface area contributed by atoms with Gasteiger partial charge in [-0.2, -0.15) is 0 Å². The Balaban J connectivity index is 2.14. The SMILES string of the molecule is NC(=S)c1cc2ccccc2nc1N1CCNC(=O)C1. The van der Waals surface area contributed by atoms with Gasteiger partial charge in [0.15, 0.2) is 0 Å². The van der Waals surface area contributed by atoms with E-state index in [1.54, 1.807) is 0 Å². The number of rotatable bonds is 2. The van der Waals surface area contributed by atoms with Crippen LogP contribution in [0.15, 0.2) is 30.3 Å². The van der Waals surface area contributed by atoms with Gasteiger partial charge in [-0.15, -0.1) is 0 Å². The predicted octanol–water partition coefficient (Wildman–Crippen LogP) is 0.805. The molecular weight excluding hydrogens is 272 g/mol. The molecule has 0 saturated carbocycles. The third-order valence-electron chi connectivity index (χ3n) is 3.31. The van der Waals surface area contributed by atoms with E-state index < -0.39 is 0 Å². The lowest BCUT2D eigenvalue weighted by Crippen LogP contribution is -2.48. The van der Waals surface area contributed by atoms with E-state index in [1.165, 1.54) is 0 Å². The van der Waals surface area contributed by atoms with Crippen molar-refractivity contribution in [2.75, 3.05) is 24.5 Å². The van der Waals surface area contributed by atoms with E-state index in [0.717, 1.165) is 10.9 Å². The lowest BCUT2D eigenvalue weighted by Gasteiger charge is -2.29. The van der Waals surface area contributed by atoms with E-state index in [2.05, 4.69) is 10.3 Å². The first-order valence-corrected chi connectivity index (χ1v) is 6.77. The standard InChI is InChI=1S/C14H14N4OS/c15-13(20)10-7-9-3-1-2-4-11(9)17-14(10)18-6-5-16-12(19)8-18/h1-4,7H,5-6,8H2,(H2,15,20)(H,16,19). The minimum absolute atomic E-state index is 0.0138. The molecule has 1 aliphatic heterocycles. The monoisotopic (exact) mass is 286 g/mol. The number of carbonyl (C=O) groups excluding carboxylic acids is 1. The Labute approximate surface area is 121 Å². The van der Waals surface area contributed by atoms with Crippen molar-refractivity contribution in [3.05, 3.63) is 35.9 Å². The van der Waals surface area contributed by atoms with Gasteiger partial charge in [0, 0.05) is 18.5 Å². The molecule has 5 nitrogen and oxygen atoms in total. The van der Waals surface area contributed by atoms with Gasteiger partial charge in [0.2, 0.25) is 5.91 Å². The summed E-state index contributed by atoms with van der Waals surface area (Å²) in [5.74, 6) is 0.672. The van der Waals surface area contributed by atoms with Gasteiger partial charge >= 0.3 is 0 Å². The van der Waals surface area contributed by atoms with Crippen LogP contribution in [0, 0.1) is 0 Å².